The van der Waals surface area contributed by atoms with Crippen molar-refractivity contribution in [1.29, 1.82) is 0 Å². The largest absolute Gasteiger partial charge is 0.404 e. The van der Waals surface area contributed by atoms with Crippen molar-refractivity contribution in [3.8, 4) is 22.5 Å². The summed E-state index contributed by atoms with van der Waals surface area (Å²) in [6, 6.07) is 24.9. The van der Waals surface area contributed by atoms with E-state index in [1.807, 2.05) is 52.0 Å². The zero-order valence-corrected chi connectivity index (χ0v) is 36.2. The summed E-state index contributed by atoms with van der Waals surface area (Å²) in [4.78, 5) is 62.9. The molecule has 3 aliphatic heterocycles. The van der Waals surface area contributed by atoms with Crippen LogP contribution < -0.4 is 31.1 Å². The van der Waals surface area contributed by atoms with Crippen molar-refractivity contribution in [2.24, 2.45) is 16.6 Å². The highest BCUT2D eigenvalue weighted by molar-refractivity contribution is 6.12. The molecule has 14 nitrogen and oxygen atoms in total. The summed E-state index contributed by atoms with van der Waals surface area (Å²) in [5.74, 6) is 0.194. The Morgan fingerprint density at radius 3 is 2.18 bits per heavy atom. The van der Waals surface area contributed by atoms with Crippen molar-refractivity contribution in [2.75, 3.05) is 67.1 Å². The summed E-state index contributed by atoms with van der Waals surface area (Å²) in [7, 11) is 0. The van der Waals surface area contributed by atoms with Gasteiger partial charge in [-0.05, 0) is 112 Å². The number of hydrogen-bond acceptors (Lipinski definition) is 10. The number of carbonyl (C=O) groups excluding carboxylic acids is 3. The SMILES string of the molecule is Cc1cc(-c2ncnc3[nH]c(-c4ccc(N5CCN(CC6CCN(c7ccc(N8CCC(=O)NC8=O)cc7)CC6)CC5)cc4)cc23)ccc1CNC(=O)C(C=NC(C)(C)C)=CN. The zero-order chi connectivity index (χ0) is 43.4. The standard InChI is InChI=1S/C48H57N11O3/c1-32-25-35(5-6-36(32)28-50-46(61)37(27-49)29-53-48(2,3)4)44-41-26-42(54-45(41)52-31-51-44)34-7-9-38(10-8-34)58-23-21-56(22-24-58)30-33-15-18-57(19-16-33)39-11-13-40(14-12-39)59-20-17-43(60)55-47(59)62/h5-14,25-27,29,31,33H,15-24,28,30,49H2,1-4H3,(H,50,61)(H,51,52,54)(H,55,60,62). The van der Waals surface area contributed by atoms with Gasteiger partial charge in [0.15, 0.2) is 0 Å². The van der Waals surface area contributed by atoms with E-state index in [0.717, 1.165) is 109 Å². The molecule has 322 valence electrons. The highest BCUT2D eigenvalue weighted by Crippen LogP contribution is 2.32. The van der Waals surface area contributed by atoms with Crippen LogP contribution in [0.25, 0.3) is 33.5 Å². The van der Waals surface area contributed by atoms with E-state index in [0.29, 0.717) is 31.0 Å². The maximum atomic E-state index is 12.8. The lowest BCUT2D eigenvalue weighted by Crippen LogP contribution is -2.49. The number of urea groups is 1. The number of benzene rings is 3. The van der Waals surface area contributed by atoms with E-state index >= 15 is 0 Å². The van der Waals surface area contributed by atoms with E-state index in [1.165, 1.54) is 23.8 Å². The molecule has 8 rings (SSSR count). The van der Waals surface area contributed by atoms with Crippen molar-refractivity contribution < 1.29 is 14.4 Å². The smallest absolute Gasteiger partial charge is 0.328 e. The van der Waals surface area contributed by atoms with Crippen molar-refractivity contribution in [3.63, 3.8) is 0 Å². The molecule has 4 amide bonds. The van der Waals surface area contributed by atoms with Crippen LogP contribution in [0.3, 0.4) is 0 Å². The molecular formula is C48H57N11O3. The number of fused-ring (bicyclic) bond motifs is 1. The van der Waals surface area contributed by atoms with Gasteiger partial charge in [-0.25, -0.2) is 14.8 Å². The molecule has 0 saturated carbocycles. The molecule has 14 heteroatoms. The first kappa shape index (κ1) is 42.2. The first-order valence-corrected chi connectivity index (χ1v) is 21.6. The normalized spacial score (nSPS) is 17.3. The maximum Gasteiger partial charge on any atom is 0.328 e. The number of nitrogens with zero attached hydrogens (tertiary/aromatic N) is 7. The number of H-pyrrole nitrogens is 1. The number of piperazine rings is 1. The van der Waals surface area contributed by atoms with Crippen molar-refractivity contribution in [2.45, 2.75) is 59.0 Å². The van der Waals surface area contributed by atoms with Gasteiger partial charge in [-0.2, -0.15) is 0 Å². The number of imide groups is 1. The quantitative estimate of drug-likeness (QED) is 0.0868. The number of piperidine rings is 1. The second-order valence-electron chi connectivity index (χ2n) is 17.6. The van der Waals surface area contributed by atoms with E-state index in [4.69, 9.17) is 5.73 Å². The molecule has 0 aliphatic carbocycles. The highest BCUT2D eigenvalue weighted by Gasteiger charge is 2.27. The van der Waals surface area contributed by atoms with Crippen LogP contribution in [0.4, 0.5) is 21.9 Å². The highest BCUT2D eigenvalue weighted by atomic mass is 16.2. The summed E-state index contributed by atoms with van der Waals surface area (Å²) in [6.07, 6.45) is 7.06. The first-order chi connectivity index (χ1) is 29.9. The number of amides is 4. The molecule has 0 spiro atoms. The fraction of sp³-hybridized carbons (Fsp3) is 0.375. The Labute approximate surface area is 363 Å². The van der Waals surface area contributed by atoms with Crippen LogP contribution >= 0.6 is 0 Å². The van der Waals surface area contributed by atoms with Gasteiger partial charge in [0.2, 0.25) is 5.91 Å². The number of carbonyl (C=O) groups is 3. The number of aromatic nitrogens is 3. The number of aliphatic imine (C=N–C) groups is 1. The maximum absolute atomic E-state index is 12.8. The number of nitrogens with one attached hydrogen (secondary N) is 3. The van der Waals surface area contributed by atoms with E-state index in [9.17, 15) is 14.4 Å². The van der Waals surface area contributed by atoms with E-state index in [-0.39, 0.29) is 23.4 Å². The third-order valence-electron chi connectivity index (χ3n) is 12.1. The fourth-order valence-corrected chi connectivity index (χ4v) is 8.52. The molecule has 0 radical (unpaired) electrons. The minimum Gasteiger partial charge on any atom is -0.404 e. The van der Waals surface area contributed by atoms with Crippen molar-refractivity contribution >= 4 is 52.2 Å². The lowest BCUT2D eigenvalue weighted by atomic mass is 9.95. The zero-order valence-electron chi connectivity index (χ0n) is 36.2. The lowest BCUT2D eigenvalue weighted by molar-refractivity contribution is -0.120. The Bertz CT molecular complexity index is 2470. The molecule has 5 aromatic rings. The van der Waals surface area contributed by atoms with Gasteiger partial charge in [0, 0.05) is 111 Å². The Kier molecular flexibility index (Phi) is 12.4. The fourth-order valence-electron chi connectivity index (χ4n) is 8.52. The minimum absolute atomic E-state index is 0.218. The molecule has 5 heterocycles. The van der Waals surface area contributed by atoms with Crippen LogP contribution in [0.1, 0.15) is 51.2 Å². The molecule has 3 fully saturated rings. The monoisotopic (exact) mass is 835 g/mol. The summed E-state index contributed by atoms with van der Waals surface area (Å²) in [5.41, 5.74) is 15.7. The number of hydrogen-bond donors (Lipinski definition) is 4. The third-order valence-corrected chi connectivity index (χ3v) is 12.1. The second kappa shape index (κ2) is 18.2. The number of anilines is 3. The van der Waals surface area contributed by atoms with Crippen LogP contribution in [-0.4, -0.2) is 102 Å². The van der Waals surface area contributed by atoms with Crippen LogP contribution in [-0.2, 0) is 16.1 Å². The van der Waals surface area contributed by atoms with E-state index < -0.39 is 0 Å². The predicted octanol–water partition coefficient (Wildman–Crippen LogP) is 6.41. The van der Waals surface area contributed by atoms with Gasteiger partial charge in [-0.3, -0.25) is 29.7 Å². The minimum atomic E-state index is -0.349. The average molecular weight is 836 g/mol. The van der Waals surface area contributed by atoms with Crippen LogP contribution in [0.5, 0.6) is 0 Å². The van der Waals surface area contributed by atoms with Crippen LogP contribution in [0, 0.1) is 12.8 Å². The molecular weight excluding hydrogens is 779 g/mol. The molecule has 0 bridgehead atoms. The molecule has 3 aliphatic rings. The summed E-state index contributed by atoms with van der Waals surface area (Å²) in [5, 5.41) is 6.31. The number of aromatic amines is 1. The van der Waals surface area contributed by atoms with Gasteiger partial charge >= 0.3 is 6.03 Å². The van der Waals surface area contributed by atoms with Gasteiger partial charge in [0.1, 0.15) is 12.0 Å². The van der Waals surface area contributed by atoms with E-state index in [2.05, 4.69) is 93.8 Å². The van der Waals surface area contributed by atoms with Crippen molar-refractivity contribution in [1.82, 2.24) is 30.5 Å². The second-order valence-corrected chi connectivity index (χ2v) is 17.6. The molecule has 2 aromatic heterocycles. The lowest BCUT2D eigenvalue weighted by Gasteiger charge is -2.40. The summed E-state index contributed by atoms with van der Waals surface area (Å²) < 4.78 is 0. The Balaban J connectivity index is 0.820. The molecule has 5 N–H and O–H groups in total. The molecule has 62 heavy (non-hydrogen) atoms. The van der Waals surface area contributed by atoms with Crippen LogP contribution in [0.15, 0.2) is 95.9 Å². The van der Waals surface area contributed by atoms with Crippen molar-refractivity contribution in [3.05, 3.63) is 102 Å². The van der Waals surface area contributed by atoms with Gasteiger partial charge in [-0.1, -0.05) is 24.3 Å². The Hall–Kier alpha value is -6.54. The molecule has 3 aromatic carbocycles. The average Bonchev–Trinajstić information content (AvgIpc) is 3.72. The Morgan fingerprint density at radius 2 is 1.52 bits per heavy atom. The number of aryl methyl sites for hydroxylation is 1. The topological polar surface area (TPSA) is 168 Å². The van der Waals surface area contributed by atoms with Gasteiger partial charge in [0.25, 0.3) is 5.91 Å². The van der Waals surface area contributed by atoms with Crippen LogP contribution in [0.2, 0.25) is 0 Å². The van der Waals surface area contributed by atoms with E-state index in [1.54, 1.807) is 11.2 Å². The van der Waals surface area contributed by atoms with Gasteiger partial charge in [0.05, 0.1) is 16.8 Å². The Morgan fingerprint density at radius 1 is 0.855 bits per heavy atom. The number of rotatable bonds is 11. The number of nitrogens with two attached hydrogens (primary N) is 1. The first-order valence-electron chi connectivity index (χ1n) is 21.6. The molecule has 0 atom stereocenters. The van der Waals surface area contributed by atoms with Gasteiger partial charge in [-0.15, -0.1) is 0 Å². The predicted molar refractivity (Wildman–Crippen MR) is 247 cm³/mol. The summed E-state index contributed by atoms with van der Waals surface area (Å²) >= 11 is 0. The molecule has 0 unspecified atom stereocenters. The van der Waals surface area contributed by atoms with Gasteiger partial charge < -0.3 is 25.8 Å². The summed E-state index contributed by atoms with van der Waals surface area (Å²) in [6.45, 7) is 16.0. The third kappa shape index (κ3) is 9.81. The molecule has 3 saturated heterocycles.